The number of carbonyl (C=O) groups excluding carboxylic acids is 1. The quantitative estimate of drug-likeness (QED) is 0.537. The van der Waals surface area contributed by atoms with Crippen molar-refractivity contribution in [2.45, 2.75) is 6.18 Å². The van der Waals surface area contributed by atoms with Gasteiger partial charge < -0.3 is 19.6 Å². The molecule has 0 spiro atoms. The van der Waals surface area contributed by atoms with Crippen LogP contribution in [0.3, 0.4) is 0 Å². The van der Waals surface area contributed by atoms with Crippen molar-refractivity contribution in [1.29, 1.82) is 0 Å². The number of carbonyl (C=O) groups is 1. The Labute approximate surface area is 163 Å². The number of nitrogens with zero attached hydrogens (tertiary/aromatic N) is 1. The van der Waals surface area contributed by atoms with Crippen LogP contribution < -0.4 is 14.8 Å². The zero-order chi connectivity index (χ0) is 20.7. The highest BCUT2D eigenvalue weighted by Crippen LogP contribution is 2.33. The van der Waals surface area contributed by atoms with Gasteiger partial charge in [0.2, 0.25) is 0 Å². The van der Waals surface area contributed by atoms with Crippen LogP contribution in [-0.4, -0.2) is 32.9 Å². The summed E-state index contributed by atoms with van der Waals surface area (Å²) in [5.74, 6) is 0.312. The molecule has 2 aromatic carbocycles. The summed E-state index contributed by atoms with van der Waals surface area (Å²) < 4.78 is 48.5. The van der Waals surface area contributed by atoms with Crippen LogP contribution in [0.4, 0.5) is 18.9 Å². The summed E-state index contributed by atoms with van der Waals surface area (Å²) in [7, 11) is 2.99. The Morgan fingerprint density at radius 1 is 1.14 bits per heavy atom. The molecule has 1 amide bonds. The lowest BCUT2D eigenvalue weighted by Crippen LogP contribution is -2.18. The zero-order valence-corrected chi connectivity index (χ0v) is 15.6. The van der Waals surface area contributed by atoms with E-state index in [2.05, 4.69) is 10.5 Å². The van der Waals surface area contributed by atoms with Crippen molar-refractivity contribution >= 4 is 29.4 Å². The third-order valence-corrected chi connectivity index (χ3v) is 3.78. The lowest BCUT2D eigenvalue weighted by atomic mass is 10.2. The topological polar surface area (TPSA) is 69.2 Å². The highest BCUT2D eigenvalue weighted by Gasteiger charge is 2.31. The smallest absolute Gasteiger partial charge is 0.416 e. The lowest BCUT2D eigenvalue weighted by molar-refractivity contribution is -0.137. The zero-order valence-electron chi connectivity index (χ0n) is 14.8. The molecular weight excluding hydrogens is 401 g/mol. The molecule has 28 heavy (non-hydrogen) atoms. The first-order valence-corrected chi connectivity index (χ1v) is 8.16. The van der Waals surface area contributed by atoms with Gasteiger partial charge >= 0.3 is 6.18 Å². The standard InChI is InChI=1S/C18H16ClF3N2O4/c1-26-15-6-3-11(7-16(15)27-2)9-23-28-10-17(25)24-14-8-12(18(20,21)22)4-5-13(14)19/h3-9H,10H2,1-2H3,(H,24,25)/b23-9+. The maximum absolute atomic E-state index is 12.7. The fourth-order valence-corrected chi connectivity index (χ4v) is 2.28. The first-order chi connectivity index (χ1) is 13.2. The fraction of sp³-hybridized carbons (Fsp3) is 0.222. The number of methoxy groups -OCH3 is 2. The van der Waals surface area contributed by atoms with Gasteiger partial charge in [-0.2, -0.15) is 13.2 Å². The molecule has 10 heteroatoms. The largest absolute Gasteiger partial charge is 0.493 e. The number of oxime groups is 1. The van der Waals surface area contributed by atoms with E-state index in [9.17, 15) is 18.0 Å². The van der Waals surface area contributed by atoms with Crippen LogP contribution in [0.25, 0.3) is 0 Å². The van der Waals surface area contributed by atoms with Crippen LogP contribution in [0, 0.1) is 0 Å². The normalized spacial score (nSPS) is 11.4. The van der Waals surface area contributed by atoms with E-state index in [1.54, 1.807) is 18.2 Å². The predicted octanol–water partition coefficient (Wildman–Crippen LogP) is 4.37. The molecule has 0 heterocycles. The summed E-state index contributed by atoms with van der Waals surface area (Å²) in [6.07, 6.45) is -3.21. The van der Waals surface area contributed by atoms with Crippen molar-refractivity contribution in [3.63, 3.8) is 0 Å². The van der Waals surface area contributed by atoms with E-state index in [-0.39, 0.29) is 10.7 Å². The van der Waals surface area contributed by atoms with Crippen LogP contribution in [0.5, 0.6) is 11.5 Å². The third-order valence-electron chi connectivity index (χ3n) is 3.45. The maximum Gasteiger partial charge on any atom is 0.416 e. The summed E-state index contributed by atoms with van der Waals surface area (Å²) >= 11 is 5.81. The first-order valence-electron chi connectivity index (χ1n) is 7.78. The van der Waals surface area contributed by atoms with E-state index in [4.69, 9.17) is 25.9 Å². The number of alkyl halides is 3. The number of halogens is 4. The van der Waals surface area contributed by atoms with Crippen LogP contribution >= 0.6 is 11.6 Å². The first kappa shape index (κ1) is 21.4. The number of ether oxygens (including phenoxy) is 2. The SMILES string of the molecule is COc1ccc(/C=N/OCC(=O)Nc2cc(C(F)(F)F)ccc2Cl)cc1OC. The number of rotatable bonds is 7. The molecule has 0 aromatic heterocycles. The molecule has 150 valence electrons. The fourth-order valence-electron chi connectivity index (χ4n) is 2.11. The molecule has 1 N–H and O–H groups in total. The summed E-state index contributed by atoms with van der Waals surface area (Å²) in [6, 6.07) is 7.62. The van der Waals surface area contributed by atoms with Crippen LogP contribution in [-0.2, 0) is 15.8 Å². The Hall–Kier alpha value is -2.94. The van der Waals surface area contributed by atoms with Crippen molar-refractivity contribution in [3.8, 4) is 11.5 Å². The summed E-state index contributed by atoms with van der Waals surface area (Å²) in [4.78, 5) is 16.7. The summed E-state index contributed by atoms with van der Waals surface area (Å²) in [6.45, 7) is -0.517. The Bertz CT molecular complexity index is 872. The minimum atomic E-state index is -4.55. The molecule has 0 bridgehead atoms. The Kier molecular flexibility index (Phi) is 7.11. The number of anilines is 1. The van der Waals surface area contributed by atoms with Gasteiger partial charge in [-0.1, -0.05) is 16.8 Å². The second-order valence-electron chi connectivity index (χ2n) is 5.36. The Morgan fingerprint density at radius 2 is 1.86 bits per heavy atom. The van der Waals surface area contributed by atoms with Gasteiger partial charge in [-0.05, 0) is 36.4 Å². The molecule has 2 aromatic rings. The van der Waals surface area contributed by atoms with E-state index in [1.807, 2.05) is 0 Å². The second kappa shape index (κ2) is 9.32. The van der Waals surface area contributed by atoms with Gasteiger partial charge in [0.05, 0.1) is 36.7 Å². The third kappa shape index (κ3) is 5.78. The average molecular weight is 417 g/mol. The number of hydrogen-bond donors (Lipinski definition) is 1. The van der Waals surface area contributed by atoms with Gasteiger partial charge in [-0.15, -0.1) is 0 Å². The number of nitrogens with one attached hydrogen (secondary N) is 1. The van der Waals surface area contributed by atoms with Crippen LogP contribution in [0.15, 0.2) is 41.6 Å². The molecule has 0 fully saturated rings. The minimum Gasteiger partial charge on any atom is -0.493 e. The number of hydrogen-bond acceptors (Lipinski definition) is 5. The van der Waals surface area contributed by atoms with Gasteiger partial charge in [0.1, 0.15) is 0 Å². The highest BCUT2D eigenvalue weighted by atomic mass is 35.5. The van der Waals surface area contributed by atoms with E-state index < -0.39 is 24.3 Å². The monoisotopic (exact) mass is 416 g/mol. The molecule has 0 saturated carbocycles. The molecule has 0 aliphatic carbocycles. The van der Waals surface area contributed by atoms with E-state index >= 15 is 0 Å². The lowest BCUT2D eigenvalue weighted by Gasteiger charge is -2.11. The Morgan fingerprint density at radius 3 is 2.50 bits per heavy atom. The van der Waals surface area contributed by atoms with Crippen molar-refractivity contribution in [2.75, 3.05) is 26.1 Å². The van der Waals surface area contributed by atoms with Gasteiger partial charge in [0.25, 0.3) is 5.91 Å². The molecule has 0 radical (unpaired) electrons. The molecular formula is C18H16ClF3N2O4. The summed E-state index contributed by atoms with van der Waals surface area (Å²) in [5, 5.41) is 5.85. The van der Waals surface area contributed by atoms with Gasteiger partial charge in [0, 0.05) is 5.56 Å². The van der Waals surface area contributed by atoms with Gasteiger partial charge in [-0.25, -0.2) is 0 Å². The molecule has 0 saturated heterocycles. The van der Waals surface area contributed by atoms with E-state index in [1.165, 1.54) is 20.4 Å². The Balaban J connectivity index is 1.94. The second-order valence-corrected chi connectivity index (χ2v) is 5.77. The number of amides is 1. The molecule has 0 atom stereocenters. The molecule has 6 nitrogen and oxygen atoms in total. The predicted molar refractivity (Wildman–Crippen MR) is 98.2 cm³/mol. The van der Waals surface area contributed by atoms with Crippen LogP contribution in [0.2, 0.25) is 5.02 Å². The molecule has 0 aliphatic rings. The average Bonchev–Trinajstić information content (AvgIpc) is 2.65. The van der Waals surface area contributed by atoms with Crippen molar-refractivity contribution < 1.29 is 32.3 Å². The summed E-state index contributed by atoms with van der Waals surface area (Å²) in [5.41, 5.74) is -0.479. The number of benzene rings is 2. The molecule has 0 unspecified atom stereocenters. The molecule has 0 aliphatic heterocycles. The van der Waals surface area contributed by atoms with Gasteiger partial charge in [-0.3, -0.25) is 4.79 Å². The van der Waals surface area contributed by atoms with Crippen LogP contribution in [0.1, 0.15) is 11.1 Å². The van der Waals surface area contributed by atoms with Crippen molar-refractivity contribution in [1.82, 2.24) is 0 Å². The minimum absolute atomic E-state index is 0.0322. The van der Waals surface area contributed by atoms with Crippen molar-refractivity contribution in [2.24, 2.45) is 5.16 Å². The van der Waals surface area contributed by atoms with E-state index in [0.717, 1.165) is 18.2 Å². The van der Waals surface area contributed by atoms with Crippen molar-refractivity contribution in [3.05, 3.63) is 52.5 Å². The maximum atomic E-state index is 12.7. The van der Waals surface area contributed by atoms with Gasteiger partial charge in [0.15, 0.2) is 18.1 Å². The highest BCUT2D eigenvalue weighted by molar-refractivity contribution is 6.33. The van der Waals surface area contributed by atoms with E-state index in [0.29, 0.717) is 17.1 Å². The molecule has 2 rings (SSSR count).